The molecule has 0 fully saturated rings. The number of fused-ring (bicyclic) bond motifs is 1. The molecule has 90 valence electrons. The number of aromatic nitrogens is 1. The molecule has 2 N–H and O–H groups in total. The Kier molecular flexibility index (Phi) is 4.40. The van der Waals surface area contributed by atoms with Crippen molar-refractivity contribution in [1.29, 1.82) is 0 Å². The highest BCUT2D eigenvalue weighted by molar-refractivity contribution is 7.98. The third kappa shape index (κ3) is 3.45. The topological polar surface area (TPSA) is 38.9 Å². The van der Waals surface area contributed by atoms with Gasteiger partial charge in [0.1, 0.15) is 0 Å². The molecular formula is C14H18N2S. The van der Waals surface area contributed by atoms with Gasteiger partial charge in [0.2, 0.25) is 0 Å². The Balaban J connectivity index is 1.99. The molecule has 0 amide bonds. The van der Waals surface area contributed by atoms with E-state index in [-0.39, 0.29) is 0 Å². The summed E-state index contributed by atoms with van der Waals surface area (Å²) in [5, 5.41) is 1.22. The summed E-state index contributed by atoms with van der Waals surface area (Å²) in [4.78, 5) is 4.32. The summed E-state index contributed by atoms with van der Waals surface area (Å²) in [5.74, 6) is 2.78. The van der Waals surface area contributed by atoms with Crippen molar-refractivity contribution >= 4 is 22.7 Å². The molecule has 1 aromatic carbocycles. The average molecular weight is 246 g/mol. The van der Waals surface area contributed by atoms with Gasteiger partial charge in [0, 0.05) is 17.3 Å². The van der Waals surface area contributed by atoms with Gasteiger partial charge in [-0.05, 0) is 42.0 Å². The van der Waals surface area contributed by atoms with Gasteiger partial charge in [-0.15, -0.1) is 0 Å². The smallest absolute Gasteiger partial charge is 0.0702 e. The van der Waals surface area contributed by atoms with E-state index in [9.17, 15) is 0 Å². The molecule has 0 spiro atoms. The van der Waals surface area contributed by atoms with Gasteiger partial charge in [-0.2, -0.15) is 11.8 Å². The average Bonchev–Trinajstić information content (AvgIpc) is 2.38. The van der Waals surface area contributed by atoms with E-state index in [1.54, 1.807) is 0 Å². The summed E-state index contributed by atoms with van der Waals surface area (Å²) in [6, 6.07) is 10.6. The Labute approximate surface area is 107 Å². The number of hydrogen-bond acceptors (Lipinski definition) is 3. The van der Waals surface area contributed by atoms with E-state index >= 15 is 0 Å². The Bertz CT molecular complexity index is 484. The predicted octanol–water partition coefficient (Wildman–Crippen LogP) is 3.06. The van der Waals surface area contributed by atoms with Crippen LogP contribution in [0.2, 0.25) is 0 Å². The van der Waals surface area contributed by atoms with Crippen molar-refractivity contribution in [2.45, 2.75) is 12.7 Å². The molecule has 0 aliphatic heterocycles. The second-order valence-electron chi connectivity index (χ2n) is 4.39. The summed E-state index contributed by atoms with van der Waals surface area (Å²) in [7, 11) is 0. The first kappa shape index (κ1) is 12.4. The maximum absolute atomic E-state index is 5.60. The van der Waals surface area contributed by atoms with Crippen LogP contribution in [-0.4, -0.2) is 17.3 Å². The highest BCUT2D eigenvalue weighted by Gasteiger charge is 2.01. The lowest BCUT2D eigenvalue weighted by atomic mass is 10.1. The number of thioether (sulfide) groups is 1. The minimum atomic E-state index is 0.599. The first-order chi connectivity index (χ1) is 8.29. The molecule has 2 aromatic rings. The highest BCUT2D eigenvalue weighted by atomic mass is 32.2. The molecular weight excluding hydrogens is 228 g/mol. The molecule has 0 aliphatic carbocycles. The Morgan fingerprint density at radius 3 is 3.06 bits per heavy atom. The fraction of sp³-hybridized carbons (Fsp3) is 0.357. The molecule has 2 rings (SSSR count). The van der Waals surface area contributed by atoms with Crippen LogP contribution in [-0.2, 0) is 5.75 Å². The van der Waals surface area contributed by atoms with Gasteiger partial charge in [0.25, 0.3) is 0 Å². The largest absolute Gasteiger partial charge is 0.330 e. The van der Waals surface area contributed by atoms with Gasteiger partial charge in [0.05, 0.1) is 5.52 Å². The predicted molar refractivity (Wildman–Crippen MR) is 76.1 cm³/mol. The number of hydrogen-bond donors (Lipinski definition) is 1. The first-order valence-corrected chi connectivity index (χ1v) is 7.06. The van der Waals surface area contributed by atoms with Crippen LogP contribution < -0.4 is 5.73 Å². The normalized spacial score (nSPS) is 12.8. The molecule has 0 bridgehead atoms. The highest BCUT2D eigenvalue weighted by Crippen LogP contribution is 2.19. The molecule has 0 saturated carbocycles. The fourth-order valence-electron chi connectivity index (χ4n) is 1.66. The third-order valence-electron chi connectivity index (χ3n) is 2.74. The van der Waals surface area contributed by atoms with Crippen LogP contribution >= 0.6 is 11.8 Å². The number of nitrogens with zero attached hydrogens (tertiary/aromatic N) is 1. The van der Waals surface area contributed by atoms with Crippen LogP contribution in [0.1, 0.15) is 12.5 Å². The van der Waals surface area contributed by atoms with Crippen molar-refractivity contribution in [2.75, 3.05) is 12.3 Å². The van der Waals surface area contributed by atoms with Crippen LogP contribution in [0.4, 0.5) is 0 Å². The van der Waals surface area contributed by atoms with Gasteiger partial charge in [-0.3, -0.25) is 4.98 Å². The van der Waals surface area contributed by atoms with E-state index in [0.717, 1.165) is 23.6 Å². The van der Waals surface area contributed by atoms with E-state index < -0.39 is 0 Å². The summed E-state index contributed by atoms with van der Waals surface area (Å²) < 4.78 is 0. The molecule has 0 aliphatic rings. The standard InChI is InChI=1S/C14H18N2S/c1-11(8-15)9-17-10-12-4-5-14-13(7-12)3-2-6-16-14/h2-7,11H,8-10,15H2,1H3. The lowest BCUT2D eigenvalue weighted by molar-refractivity contribution is 0.675. The van der Waals surface area contributed by atoms with Crippen molar-refractivity contribution < 1.29 is 0 Å². The Morgan fingerprint density at radius 1 is 1.35 bits per heavy atom. The van der Waals surface area contributed by atoms with Gasteiger partial charge in [-0.25, -0.2) is 0 Å². The van der Waals surface area contributed by atoms with E-state index in [4.69, 9.17) is 5.73 Å². The Hall–Kier alpha value is -1.06. The van der Waals surface area contributed by atoms with Crippen LogP contribution in [0.5, 0.6) is 0 Å². The molecule has 2 nitrogen and oxygen atoms in total. The number of benzene rings is 1. The lowest BCUT2D eigenvalue weighted by Crippen LogP contribution is -2.12. The Morgan fingerprint density at radius 2 is 2.24 bits per heavy atom. The number of rotatable bonds is 5. The summed E-state index contributed by atoms with van der Waals surface area (Å²) in [6.07, 6.45) is 1.83. The van der Waals surface area contributed by atoms with Crippen molar-refractivity contribution in [3.05, 3.63) is 42.1 Å². The van der Waals surface area contributed by atoms with Crippen molar-refractivity contribution in [2.24, 2.45) is 11.7 Å². The maximum Gasteiger partial charge on any atom is 0.0702 e. The monoisotopic (exact) mass is 246 g/mol. The van der Waals surface area contributed by atoms with Gasteiger partial charge < -0.3 is 5.73 Å². The van der Waals surface area contributed by atoms with E-state index in [1.165, 1.54) is 10.9 Å². The first-order valence-electron chi connectivity index (χ1n) is 5.91. The minimum Gasteiger partial charge on any atom is -0.330 e. The van der Waals surface area contributed by atoms with Crippen LogP contribution in [0, 0.1) is 5.92 Å². The third-order valence-corrected chi connectivity index (χ3v) is 4.08. The molecule has 1 aromatic heterocycles. The molecule has 1 atom stereocenters. The maximum atomic E-state index is 5.60. The fourth-order valence-corrected chi connectivity index (χ4v) is 2.73. The second kappa shape index (κ2) is 6.03. The van der Waals surface area contributed by atoms with E-state index in [1.807, 2.05) is 24.0 Å². The zero-order chi connectivity index (χ0) is 12.1. The van der Waals surface area contributed by atoms with E-state index in [0.29, 0.717) is 5.92 Å². The SMILES string of the molecule is CC(CN)CSCc1ccc2ncccc2c1. The van der Waals surface area contributed by atoms with Crippen LogP contribution in [0.15, 0.2) is 36.5 Å². The van der Waals surface area contributed by atoms with Crippen LogP contribution in [0.25, 0.3) is 10.9 Å². The molecule has 0 radical (unpaired) electrons. The number of pyridine rings is 1. The molecule has 1 unspecified atom stereocenters. The number of nitrogens with two attached hydrogens (primary N) is 1. The van der Waals surface area contributed by atoms with Gasteiger partial charge >= 0.3 is 0 Å². The van der Waals surface area contributed by atoms with Gasteiger partial charge in [0.15, 0.2) is 0 Å². The second-order valence-corrected chi connectivity index (χ2v) is 5.42. The summed E-state index contributed by atoms with van der Waals surface area (Å²) >= 11 is 1.95. The lowest BCUT2D eigenvalue weighted by Gasteiger charge is -2.08. The zero-order valence-electron chi connectivity index (χ0n) is 10.1. The minimum absolute atomic E-state index is 0.599. The van der Waals surface area contributed by atoms with Crippen LogP contribution in [0.3, 0.4) is 0 Å². The molecule has 0 saturated heterocycles. The molecule has 17 heavy (non-hydrogen) atoms. The quantitative estimate of drug-likeness (QED) is 0.881. The summed E-state index contributed by atoms with van der Waals surface area (Å²) in [6.45, 7) is 2.96. The van der Waals surface area contributed by atoms with Gasteiger partial charge in [-0.1, -0.05) is 19.1 Å². The van der Waals surface area contributed by atoms with Crippen molar-refractivity contribution in [1.82, 2.24) is 4.98 Å². The molecule has 1 heterocycles. The van der Waals surface area contributed by atoms with Crippen molar-refractivity contribution in [3.63, 3.8) is 0 Å². The van der Waals surface area contributed by atoms with Crippen molar-refractivity contribution in [3.8, 4) is 0 Å². The summed E-state index contributed by atoms with van der Waals surface area (Å²) in [5.41, 5.74) is 8.03. The van der Waals surface area contributed by atoms with E-state index in [2.05, 4.69) is 36.2 Å². The zero-order valence-corrected chi connectivity index (χ0v) is 10.9. The molecule has 3 heteroatoms.